The van der Waals surface area contributed by atoms with Gasteiger partial charge in [0.25, 0.3) is 0 Å². The number of nitrogens with one attached hydrogen (secondary N) is 2. The maximum Gasteiger partial charge on any atom is 0.319 e. The van der Waals surface area contributed by atoms with Gasteiger partial charge in [0.2, 0.25) is 21.8 Å². The van der Waals surface area contributed by atoms with Crippen LogP contribution in [0.1, 0.15) is 12.8 Å². The molecular weight excluding hydrogens is 350 g/mol. The molecule has 2 aliphatic rings. The molecule has 1 saturated carbocycles. The molecule has 1 aromatic carbocycles. The maximum atomic E-state index is 12.6. The number of anilines is 1. The molecule has 0 spiro atoms. The first-order chi connectivity index (χ1) is 11.8. The molecule has 3 rings (SSSR count). The Kier molecular flexibility index (Phi) is 4.25. The second kappa shape index (κ2) is 6.12. The molecule has 1 heterocycles. The number of aliphatic carboxylic acids is 1. The quantitative estimate of drug-likeness (QED) is 0.607. The fourth-order valence-electron chi connectivity index (χ4n) is 2.62. The number of benzene rings is 1. The Hall–Kier alpha value is -2.46. The van der Waals surface area contributed by atoms with Gasteiger partial charge in [-0.25, -0.2) is 8.42 Å². The van der Waals surface area contributed by atoms with Gasteiger partial charge in [-0.15, -0.1) is 0 Å². The van der Waals surface area contributed by atoms with E-state index < -0.39 is 27.3 Å². The van der Waals surface area contributed by atoms with Gasteiger partial charge in [-0.1, -0.05) is 6.07 Å². The molecule has 0 atom stereocenters. The lowest BCUT2D eigenvalue weighted by atomic mass is 10.1. The standard InChI is InChI=1S/C15H17N3O6S/c19-12-9-18(7-6-16-12)25(23,24)11-3-1-2-10(8-11)17-13(20)15(4-5-15)14(21)22/h1-3,8H,4-7,9H2,(H,16,19)(H,17,20)(H,21,22). The summed E-state index contributed by atoms with van der Waals surface area (Å²) in [5.74, 6) is -2.23. The first-order valence-corrected chi connectivity index (χ1v) is 9.11. The fraction of sp³-hybridized carbons (Fsp3) is 0.400. The lowest BCUT2D eigenvalue weighted by molar-refractivity contribution is -0.147. The summed E-state index contributed by atoms with van der Waals surface area (Å²) in [4.78, 5) is 34.7. The molecule has 10 heteroatoms. The van der Waals surface area contributed by atoms with Crippen LogP contribution >= 0.6 is 0 Å². The number of carboxylic acid groups (broad SMARTS) is 1. The number of hydrogen-bond donors (Lipinski definition) is 3. The summed E-state index contributed by atoms with van der Waals surface area (Å²) in [5.41, 5.74) is -1.22. The van der Waals surface area contributed by atoms with E-state index in [4.69, 9.17) is 5.11 Å². The van der Waals surface area contributed by atoms with Crippen LogP contribution in [-0.2, 0) is 24.4 Å². The molecule has 0 unspecified atom stereocenters. The molecule has 1 aliphatic carbocycles. The van der Waals surface area contributed by atoms with E-state index in [0.717, 1.165) is 4.31 Å². The molecule has 9 nitrogen and oxygen atoms in total. The van der Waals surface area contributed by atoms with Crippen molar-refractivity contribution >= 4 is 33.5 Å². The van der Waals surface area contributed by atoms with Gasteiger partial charge in [-0.3, -0.25) is 14.4 Å². The number of carbonyl (C=O) groups is 3. The van der Waals surface area contributed by atoms with E-state index in [-0.39, 0.29) is 49.0 Å². The van der Waals surface area contributed by atoms with Crippen LogP contribution < -0.4 is 10.6 Å². The van der Waals surface area contributed by atoms with Gasteiger partial charge in [0, 0.05) is 18.8 Å². The number of nitrogens with zero attached hydrogens (tertiary/aromatic N) is 1. The third-order valence-electron chi connectivity index (χ3n) is 4.33. The van der Waals surface area contributed by atoms with Gasteiger partial charge in [0.1, 0.15) is 5.41 Å². The normalized spacial score (nSPS) is 19.8. The molecule has 2 fully saturated rings. The zero-order valence-corrected chi connectivity index (χ0v) is 14.0. The van der Waals surface area contributed by atoms with Crippen LogP contribution in [0.3, 0.4) is 0 Å². The van der Waals surface area contributed by atoms with Crippen molar-refractivity contribution in [2.45, 2.75) is 17.7 Å². The fourth-order valence-corrected chi connectivity index (χ4v) is 4.06. The summed E-state index contributed by atoms with van der Waals surface area (Å²) >= 11 is 0. The van der Waals surface area contributed by atoms with E-state index in [0.29, 0.717) is 0 Å². The lowest BCUT2D eigenvalue weighted by Gasteiger charge is -2.26. The predicted octanol–water partition coefficient (Wildman–Crippen LogP) is -0.390. The Morgan fingerprint density at radius 1 is 1.28 bits per heavy atom. The molecule has 0 radical (unpaired) electrons. The highest BCUT2D eigenvalue weighted by Gasteiger charge is 2.57. The molecule has 1 aromatic rings. The van der Waals surface area contributed by atoms with Gasteiger partial charge in [-0.05, 0) is 31.0 Å². The van der Waals surface area contributed by atoms with Crippen molar-refractivity contribution in [2.75, 3.05) is 25.0 Å². The zero-order valence-electron chi connectivity index (χ0n) is 13.2. The third-order valence-corrected chi connectivity index (χ3v) is 6.17. The number of hydrogen-bond acceptors (Lipinski definition) is 5. The van der Waals surface area contributed by atoms with Crippen LogP contribution in [-0.4, -0.2) is 55.2 Å². The number of rotatable bonds is 5. The predicted molar refractivity (Wildman–Crippen MR) is 86.1 cm³/mol. The third kappa shape index (κ3) is 3.22. The average Bonchev–Trinajstić information content (AvgIpc) is 3.37. The summed E-state index contributed by atoms with van der Waals surface area (Å²) < 4.78 is 26.3. The summed E-state index contributed by atoms with van der Waals surface area (Å²) in [6.45, 7) is 0.128. The minimum atomic E-state index is -3.88. The topological polar surface area (TPSA) is 133 Å². The van der Waals surface area contributed by atoms with E-state index in [9.17, 15) is 22.8 Å². The second-order valence-corrected chi connectivity index (χ2v) is 8.00. The van der Waals surface area contributed by atoms with E-state index >= 15 is 0 Å². The molecule has 3 N–H and O–H groups in total. The van der Waals surface area contributed by atoms with Crippen LogP contribution in [0.15, 0.2) is 29.2 Å². The van der Waals surface area contributed by atoms with Crippen molar-refractivity contribution < 1.29 is 27.9 Å². The van der Waals surface area contributed by atoms with Crippen molar-refractivity contribution in [1.82, 2.24) is 9.62 Å². The molecule has 25 heavy (non-hydrogen) atoms. The summed E-state index contributed by atoms with van der Waals surface area (Å²) in [5, 5.41) is 14.1. The van der Waals surface area contributed by atoms with Crippen LogP contribution in [0.2, 0.25) is 0 Å². The van der Waals surface area contributed by atoms with Gasteiger partial charge >= 0.3 is 5.97 Å². The molecule has 0 bridgehead atoms. The van der Waals surface area contributed by atoms with E-state index in [1.807, 2.05) is 0 Å². The Morgan fingerprint density at radius 2 is 2.00 bits per heavy atom. The number of sulfonamides is 1. The van der Waals surface area contributed by atoms with Crippen LogP contribution in [0.25, 0.3) is 0 Å². The minimum absolute atomic E-state index is 0.0693. The van der Waals surface area contributed by atoms with Crippen LogP contribution in [0.5, 0.6) is 0 Å². The van der Waals surface area contributed by atoms with Crippen LogP contribution in [0, 0.1) is 5.41 Å². The molecular formula is C15H17N3O6S. The number of piperazine rings is 1. The highest BCUT2D eigenvalue weighted by molar-refractivity contribution is 7.89. The van der Waals surface area contributed by atoms with Crippen molar-refractivity contribution in [2.24, 2.45) is 5.41 Å². The second-order valence-electron chi connectivity index (χ2n) is 6.06. The molecule has 0 aromatic heterocycles. The Morgan fingerprint density at radius 3 is 2.60 bits per heavy atom. The molecule has 2 amide bonds. The zero-order chi connectivity index (χ0) is 18.2. The van der Waals surface area contributed by atoms with E-state index in [2.05, 4.69) is 10.6 Å². The summed E-state index contributed by atoms with van der Waals surface area (Å²) in [7, 11) is -3.88. The summed E-state index contributed by atoms with van der Waals surface area (Å²) in [6, 6.07) is 5.56. The number of carbonyl (C=O) groups excluding carboxylic acids is 2. The van der Waals surface area contributed by atoms with Crippen molar-refractivity contribution in [3.8, 4) is 0 Å². The Balaban J connectivity index is 1.80. The van der Waals surface area contributed by atoms with Gasteiger partial charge < -0.3 is 15.7 Å². The van der Waals surface area contributed by atoms with Gasteiger partial charge in [0.05, 0.1) is 11.4 Å². The molecule has 134 valence electrons. The van der Waals surface area contributed by atoms with E-state index in [1.54, 1.807) is 0 Å². The van der Waals surface area contributed by atoms with E-state index in [1.165, 1.54) is 24.3 Å². The van der Waals surface area contributed by atoms with Crippen molar-refractivity contribution in [3.05, 3.63) is 24.3 Å². The van der Waals surface area contributed by atoms with Gasteiger partial charge in [-0.2, -0.15) is 4.31 Å². The first-order valence-electron chi connectivity index (χ1n) is 7.67. The Bertz CT molecular complexity index is 847. The minimum Gasteiger partial charge on any atom is -0.480 e. The SMILES string of the molecule is O=C1CN(S(=O)(=O)c2cccc(NC(=O)C3(C(=O)O)CC3)c2)CCN1. The van der Waals surface area contributed by atoms with Crippen molar-refractivity contribution in [1.29, 1.82) is 0 Å². The van der Waals surface area contributed by atoms with Gasteiger partial charge in [0.15, 0.2) is 0 Å². The highest BCUT2D eigenvalue weighted by atomic mass is 32.2. The van der Waals surface area contributed by atoms with Crippen molar-refractivity contribution in [3.63, 3.8) is 0 Å². The van der Waals surface area contributed by atoms with Crippen LogP contribution in [0.4, 0.5) is 5.69 Å². The smallest absolute Gasteiger partial charge is 0.319 e. The monoisotopic (exact) mass is 367 g/mol. The average molecular weight is 367 g/mol. The maximum absolute atomic E-state index is 12.6. The largest absolute Gasteiger partial charge is 0.480 e. The summed E-state index contributed by atoms with van der Waals surface area (Å²) in [6.07, 6.45) is 0.518. The molecule has 1 saturated heterocycles. The molecule has 1 aliphatic heterocycles. The Labute approximate surface area is 144 Å². The highest BCUT2D eigenvalue weighted by Crippen LogP contribution is 2.46. The number of amides is 2. The first kappa shape index (κ1) is 17.4. The lowest BCUT2D eigenvalue weighted by Crippen LogP contribution is -2.49. The number of carboxylic acids is 1.